The smallest absolute Gasteiger partial charge is 0.228 e. The van der Waals surface area contributed by atoms with Gasteiger partial charge in [-0.2, -0.15) is 0 Å². The monoisotopic (exact) mass is 691 g/mol. The summed E-state index contributed by atoms with van der Waals surface area (Å²) in [5, 5.41) is 6.08. The van der Waals surface area contributed by atoms with Crippen LogP contribution in [0, 0.1) is 24.7 Å². The largest absolute Gasteiger partial charge is 0.377 e. The van der Waals surface area contributed by atoms with Crippen LogP contribution in [0.3, 0.4) is 0 Å². The molecule has 0 bridgehead atoms. The quantitative estimate of drug-likeness (QED) is 0.140. The topological polar surface area (TPSA) is 135 Å². The number of hydrogen-bond acceptors (Lipinski definition) is 7. The molecule has 1 fully saturated rings. The molecule has 0 saturated heterocycles. The molecule has 6 rings (SSSR count). The highest BCUT2D eigenvalue weighted by molar-refractivity contribution is 7.91. The molecule has 50 heavy (non-hydrogen) atoms. The Morgan fingerprint density at radius 3 is 2.40 bits per heavy atom. The number of carbonyl (C=O) groups is 3. The van der Waals surface area contributed by atoms with Gasteiger partial charge in [0.1, 0.15) is 5.78 Å². The number of ketones is 2. The Balaban J connectivity index is 1.22. The van der Waals surface area contributed by atoms with Crippen LogP contribution in [0.5, 0.6) is 0 Å². The Kier molecular flexibility index (Phi) is 10.9. The Hall–Kier alpha value is -4.60. The van der Waals surface area contributed by atoms with E-state index in [4.69, 9.17) is 5.73 Å². The lowest BCUT2D eigenvalue weighted by molar-refractivity contribution is -0.129. The van der Waals surface area contributed by atoms with E-state index in [-0.39, 0.29) is 47.0 Å². The highest BCUT2D eigenvalue weighted by atomic mass is 32.2. The summed E-state index contributed by atoms with van der Waals surface area (Å²) < 4.78 is 26.8. The van der Waals surface area contributed by atoms with Crippen molar-refractivity contribution < 1.29 is 22.8 Å². The summed E-state index contributed by atoms with van der Waals surface area (Å²) >= 11 is 0. The number of hydrogen-bond donors (Lipinski definition) is 3. The molecular formula is C41H45N3O5S. The molecule has 1 aliphatic carbocycles. The summed E-state index contributed by atoms with van der Waals surface area (Å²) in [6, 6.07) is 27.8. The van der Waals surface area contributed by atoms with Crippen molar-refractivity contribution in [3.05, 3.63) is 113 Å². The van der Waals surface area contributed by atoms with E-state index < -0.39 is 15.8 Å². The minimum Gasteiger partial charge on any atom is -0.377 e. The number of nitrogens with one attached hydrogen (secondary N) is 2. The average molecular weight is 692 g/mol. The van der Waals surface area contributed by atoms with Crippen LogP contribution in [-0.2, 0) is 32.3 Å². The number of fused-ring (bicyclic) bond motifs is 1. The van der Waals surface area contributed by atoms with Crippen molar-refractivity contribution in [2.75, 3.05) is 29.5 Å². The maximum Gasteiger partial charge on any atom is 0.228 e. The van der Waals surface area contributed by atoms with Crippen molar-refractivity contribution >= 4 is 38.7 Å². The SMILES string of the molecule is Cc1ccc(S(=O)(=O)CCc2ccccc2)cc1-c1cccc(C[C@H](CC(=O)C2CCC(CN)CC2)C(=O)Nc2ccc3c(c2)NCC3=O)c1. The lowest BCUT2D eigenvalue weighted by Crippen LogP contribution is -2.31. The number of aryl methyl sites for hydroxylation is 2. The summed E-state index contributed by atoms with van der Waals surface area (Å²) in [6.45, 7) is 2.82. The second kappa shape index (κ2) is 15.5. The maximum absolute atomic E-state index is 13.9. The molecule has 1 atom stereocenters. The van der Waals surface area contributed by atoms with Crippen LogP contribution in [0.2, 0.25) is 0 Å². The van der Waals surface area contributed by atoms with E-state index in [9.17, 15) is 22.8 Å². The molecular weight excluding hydrogens is 647 g/mol. The van der Waals surface area contributed by atoms with Gasteiger partial charge >= 0.3 is 0 Å². The van der Waals surface area contributed by atoms with Gasteiger partial charge < -0.3 is 16.4 Å². The molecule has 1 saturated carbocycles. The second-order valence-corrected chi connectivity index (χ2v) is 15.9. The lowest BCUT2D eigenvalue weighted by Gasteiger charge is -2.28. The fourth-order valence-corrected chi connectivity index (χ4v) is 8.50. The summed E-state index contributed by atoms with van der Waals surface area (Å²) in [7, 11) is -3.53. The summed E-state index contributed by atoms with van der Waals surface area (Å²) in [6.07, 6.45) is 4.31. The van der Waals surface area contributed by atoms with Gasteiger partial charge in [-0.3, -0.25) is 14.4 Å². The number of nitrogens with two attached hydrogens (primary N) is 1. The number of benzene rings is 4. The van der Waals surface area contributed by atoms with Crippen LogP contribution in [0.4, 0.5) is 11.4 Å². The van der Waals surface area contributed by atoms with Gasteiger partial charge in [0.05, 0.1) is 17.2 Å². The highest BCUT2D eigenvalue weighted by Gasteiger charge is 2.30. The summed E-state index contributed by atoms with van der Waals surface area (Å²) in [4.78, 5) is 39.9. The third-order valence-electron chi connectivity index (χ3n) is 10.3. The number of anilines is 2. The maximum atomic E-state index is 13.9. The third-order valence-corrected chi connectivity index (χ3v) is 12.0. The van der Waals surface area contributed by atoms with E-state index in [1.807, 2.05) is 67.6 Å². The normalized spacial score (nSPS) is 17.8. The zero-order valence-electron chi connectivity index (χ0n) is 28.5. The lowest BCUT2D eigenvalue weighted by atomic mass is 9.77. The Labute approximate surface area is 294 Å². The van der Waals surface area contributed by atoms with E-state index in [1.54, 1.807) is 30.3 Å². The first-order chi connectivity index (χ1) is 24.1. The molecule has 0 unspecified atom stereocenters. The van der Waals surface area contributed by atoms with Crippen LogP contribution >= 0.6 is 0 Å². The van der Waals surface area contributed by atoms with E-state index in [0.29, 0.717) is 42.2 Å². The minimum absolute atomic E-state index is 0.00877. The first kappa shape index (κ1) is 35.2. The first-order valence-corrected chi connectivity index (χ1v) is 19.2. The van der Waals surface area contributed by atoms with Crippen LogP contribution in [-0.4, -0.2) is 44.7 Å². The van der Waals surface area contributed by atoms with Crippen molar-refractivity contribution in [3.8, 4) is 11.1 Å². The molecule has 8 nitrogen and oxygen atoms in total. The molecule has 0 aromatic heterocycles. The first-order valence-electron chi connectivity index (χ1n) is 17.5. The molecule has 9 heteroatoms. The van der Waals surface area contributed by atoms with Crippen molar-refractivity contribution in [3.63, 3.8) is 0 Å². The van der Waals surface area contributed by atoms with Crippen molar-refractivity contribution in [1.82, 2.24) is 0 Å². The zero-order valence-corrected chi connectivity index (χ0v) is 29.3. The van der Waals surface area contributed by atoms with E-state index >= 15 is 0 Å². The molecule has 0 radical (unpaired) electrons. The minimum atomic E-state index is -3.53. The molecule has 1 aliphatic heterocycles. The Morgan fingerprint density at radius 1 is 0.880 bits per heavy atom. The Bertz CT molecular complexity index is 1980. The fraction of sp³-hybridized carbons (Fsp3) is 0.341. The van der Waals surface area contributed by atoms with Gasteiger partial charge in [0.15, 0.2) is 15.6 Å². The molecule has 4 aromatic rings. The van der Waals surface area contributed by atoms with Crippen LogP contribution < -0.4 is 16.4 Å². The van der Waals surface area contributed by atoms with E-state index in [0.717, 1.165) is 53.5 Å². The number of carbonyl (C=O) groups excluding carboxylic acids is 3. The third kappa shape index (κ3) is 8.40. The average Bonchev–Trinajstić information content (AvgIpc) is 3.50. The van der Waals surface area contributed by atoms with E-state index in [1.165, 1.54) is 0 Å². The van der Waals surface area contributed by atoms with Gasteiger partial charge in [0.2, 0.25) is 5.91 Å². The molecule has 1 amide bonds. The predicted molar refractivity (Wildman–Crippen MR) is 198 cm³/mol. The van der Waals surface area contributed by atoms with Crippen LogP contribution in [0.25, 0.3) is 11.1 Å². The van der Waals surface area contributed by atoms with Gasteiger partial charge in [-0.15, -0.1) is 0 Å². The summed E-state index contributed by atoms with van der Waals surface area (Å²) in [5.41, 5.74) is 12.2. The van der Waals surface area contributed by atoms with Crippen molar-refractivity contribution in [2.45, 2.75) is 56.8 Å². The second-order valence-electron chi connectivity index (χ2n) is 13.8. The molecule has 1 heterocycles. The fourth-order valence-electron chi connectivity index (χ4n) is 7.18. The standard InChI is InChI=1S/C41H45N3O5S/c1-27-10-16-35(50(48,49)19-18-28-6-3-2-4-7-28)24-37(27)32-9-5-8-30(20-32)21-33(22-39(45)31-13-11-29(25-42)12-14-31)41(47)44-34-15-17-36-38(23-34)43-26-40(36)46/h2-10,15-17,20,23-24,29,31,33,43H,11-14,18-19,21-22,25-26,42H2,1H3,(H,44,47)/t29?,31?,33-/m1/s1. The van der Waals surface area contributed by atoms with Gasteiger partial charge in [0, 0.05) is 35.2 Å². The highest BCUT2D eigenvalue weighted by Crippen LogP contribution is 2.33. The van der Waals surface area contributed by atoms with Gasteiger partial charge in [-0.25, -0.2) is 8.42 Å². The molecule has 4 N–H and O–H groups in total. The number of Topliss-reactive ketones (excluding diaryl/α,β-unsaturated/α-hetero) is 2. The van der Waals surface area contributed by atoms with Crippen molar-refractivity contribution in [2.24, 2.45) is 23.5 Å². The molecule has 4 aromatic carbocycles. The number of amides is 1. The van der Waals surface area contributed by atoms with Gasteiger partial charge in [-0.1, -0.05) is 60.7 Å². The molecule has 0 spiro atoms. The van der Waals surface area contributed by atoms with Gasteiger partial charge in [-0.05, 0) is 116 Å². The Morgan fingerprint density at radius 2 is 1.64 bits per heavy atom. The summed E-state index contributed by atoms with van der Waals surface area (Å²) in [5.74, 6) is -0.399. The van der Waals surface area contributed by atoms with Crippen LogP contribution in [0.1, 0.15) is 59.2 Å². The zero-order chi connectivity index (χ0) is 35.3. The molecule has 260 valence electrons. The van der Waals surface area contributed by atoms with Crippen molar-refractivity contribution in [1.29, 1.82) is 0 Å². The number of sulfone groups is 1. The number of rotatable bonds is 13. The van der Waals surface area contributed by atoms with Crippen LogP contribution in [0.15, 0.2) is 95.9 Å². The van der Waals surface area contributed by atoms with E-state index in [2.05, 4.69) is 10.6 Å². The predicted octanol–water partition coefficient (Wildman–Crippen LogP) is 6.81. The molecule has 2 aliphatic rings. The van der Waals surface area contributed by atoms with Gasteiger partial charge in [0.25, 0.3) is 0 Å².